The van der Waals surface area contributed by atoms with E-state index in [0.717, 1.165) is 13.0 Å². The molecule has 3 amide bonds. The Hall–Kier alpha value is -1.28. The van der Waals surface area contributed by atoms with Crippen LogP contribution in [0.3, 0.4) is 0 Å². The largest absolute Gasteiger partial charge is 0.343 e. The Morgan fingerprint density at radius 1 is 1.00 bits per heavy atom. The molecule has 8 heteroatoms. The second-order valence-electron chi connectivity index (χ2n) is 8.35. The van der Waals surface area contributed by atoms with E-state index in [1.807, 2.05) is 19.0 Å². The second-order valence-corrected chi connectivity index (χ2v) is 9.63. The van der Waals surface area contributed by atoms with Gasteiger partial charge in [0.2, 0.25) is 5.91 Å². The molecule has 0 aliphatic heterocycles. The van der Waals surface area contributed by atoms with Gasteiger partial charge in [0.25, 0.3) is 0 Å². The SMILES string of the molecule is CC(=O)SCCN(CCC1CCCCC1)C(=O)N[C@@H](C)C(=O)N(C)CCN(C)C. The van der Waals surface area contributed by atoms with Crippen molar-refractivity contribution >= 4 is 28.8 Å². The Kier molecular flexibility index (Phi) is 12.3. The predicted molar refractivity (Wildman–Crippen MR) is 120 cm³/mol. The molecule has 0 bridgehead atoms. The molecule has 0 spiro atoms. The van der Waals surface area contributed by atoms with E-state index in [1.165, 1.54) is 43.9 Å². The average Bonchev–Trinajstić information content (AvgIpc) is 2.68. The molecule has 1 rings (SSSR count). The van der Waals surface area contributed by atoms with Gasteiger partial charge in [0.15, 0.2) is 5.12 Å². The third-order valence-electron chi connectivity index (χ3n) is 5.46. The normalized spacial score (nSPS) is 15.8. The van der Waals surface area contributed by atoms with Crippen LogP contribution in [0.4, 0.5) is 4.79 Å². The predicted octanol–water partition coefficient (Wildman–Crippen LogP) is 2.66. The highest BCUT2D eigenvalue weighted by Crippen LogP contribution is 2.26. The Labute approximate surface area is 180 Å². The van der Waals surface area contributed by atoms with Gasteiger partial charge in [0.1, 0.15) is 6.04 Å². The van der Waals surface area contributed by atoms with E-state index in [9.17, 15) is 14.4 Å². The van der Waals surface area contributed by atoms with Gasteiger partial charge in [0.05, 0.1) is 0 Å². The van der Waals surface area contributed by atoms with Gasteiger partial charge >= 0.3 is 6.03 Å². The molecule has 1 aliphatic rings. The number of carbonyl (C=O) groups is 3. The number of nitrogens with zero attached hydrogens (tertiary/aromatic N) is 3. The first-order valence-electron chi connectivity index (χ1n) is 10.8. The van der Waals surface area contributed by atoms with E-state index in [4.69, 9.17) is 0 Å². The van der Waals surface area contributed by atoms with Crippen molar-refractivity contribution in [1.29, 1.82) is 0 Å². The molecule has 0 heterocycles. The highest BCUT2D eigenvalue weighted by molar-refractivity contribution is 8.13. The fourth-order valence-electron chi connectivity index (χ4n) is 3.56. The van der Waals surface area contributed by atoms with E-state index < -0.39 is 6.04 Å². The molecule has 1 saturated carbocycles. The third-order valence-corrected chi connectivity index (χ3v) is 6.25. The molecule has 0 radical (unpaired) electrons. The van der Waals surface area contributed by atoms with Gasteiger partial charge in [-0.2, -0.15) is 0 Å². The van der Waals surface area contributed by atoms with E-state index >= 15 is 0 Å². The number of rotatable bonds is 11. The van der Waals surface area contributed by atoms with Crippen molar-refractivity contribution in [2.45, 2.75) is 58.4 Å². The molecule has 1 N–H and O–H groups in total. The summed E-state index contributed by atoms with van der Waals surface area (Å²) in [5.41, 5.74) is 0. The molecule has 0 saturated heterocycles. The molecule has 1 atom stereocenters. The maximum atomic E-state index is 12.8. The average molecular weight is 429 g/mol. The van der Waals surface area contributed by atoms with Gasteiger partial charge < -0.3 is 20.0 Å². The van der Waals surface area contributed by atoms with E-state index in [2.05, 4.69) is 5.32 Å². The maximum absolute atomic E-state index is 12.8. The van der Waals surface area contributed by atoms with Crippen molar-refractivity contribution in [3.05, 3.63) is 0 Å². The lowest BCUT2D eigenvalue weighted by molar-refractivity contribution is -0.131. The van der Waals surface area contributed by atoms with E-state index in [0.29, 0.717) is 31.3 Å². The van der Waals surface area contributed by atoms with Gasteiger partial charge in [-0.1, -0.05) is 43.9 Å². The highest BCUT2D eigenvalue weighted by Gasteiger charge is 2.23. The molecular formula is C21H40N4O3S. The van der Waals surface area contributed by atoms with Crippen LogP contribution in [-0.4, -0.2) is 90.9 Å². The van der Waals surface area contributed by atoms with Crippen LogP contribution >= 0.6 is 11.8 Å². The number of hydrogen-bond acceptors (Lipinski definition) is 5. The van der Waals surface area contributed by atoms with Crippen molar-refractivity contribution in [2.75, 3.05) is 53.1 Å². The lowest BCUT2D eigenvalue weighted by Crippen LogP contribution is -2.51. The number of likely N-dealkylation sites (N-methyl/N-ethyl adjacent to an activating group) is 2. The number of urea groups is 1. The minimum absolute atomic E-state index is 0.0590. The maximum Gasteiger partial charge on any atom is 0.318 e. The summed E-state index contributed by atoms with van der Waals surface area (Å²) in [6, 6.07) is -0.792. The monoisotopic (exact) mass is 428 g/mol. The van der Waals surface area contributed by atoms with Crippen LogP contribution in [0, 0.1) is 5.92 Å². The zero-order valence-corrected chi connectivity index (χ0v) is 19.7. The summed E-state index contributed by atoms with van der Waals surface area (Å²) >= 11 is 1.24. The van der Waals surface area contributed by atoms with Crippen LogP contribution in [0.15, 0.2) is 0 Å². The van der Waals surface area contributed by atoms with Crippen molar-refractivity contribution in [1.82, 2.24) is 20.0 Å². The zero-order chi connectivity index (χ0) is 21.8. The van der Waals surface area contributed by atoms with Gasteiger partial charge in [0, 0.05) is 45.9 Å². The minimum atomic E-state index is -0.577. The smallest absolute Gasteiger partial charge is 0.318 e. The molecular weight excluding hydrogens is 388 g/mol. The number of thioether (sulfide) groups is 1. The number of hydrogen-bond donors (Lipinski definition) is 1. The Morgan fingerprint density at radius 2 is 1.66 bits per heavy atom. The molecule has 1 aliphatic carbocycles. The van der Waals surface area contributed by atoms with Gasteiger partial charge in [-0.25, -0.2) is 4.79 Å². The number of amides is 3. The molecule has 0 aromatic carbocycles. The fourth-order valence-corrected chi connectivity index (χ4v) is 4.16. The fraction of sp³-hybridized carbons (Fsp3) is 0.857. The van der Waals surface area contributed by atoms with Crippen LogP contribution in [0.1, 0.15) is 52.4 Å². The standard InChI is InChI=1S/C21H40N4O3S/c1-17(20(27)24(5)14-13-23(3)4)22-21(28)25(15-16-29-18(2)26)12-11-19-9-7-6-8-10-19/h17,19H,6-16H2,1-5H3,(H,22,28)/t17-/m0/s1. The molecule has 29 heavy (non-hydrogen) atoms. The topological polar surface area (TPSA) is 73.0 Å². The summed E-state index contributed by atoms with van der Waals surface area (Å²) in [7, 11) is 5.69. The summed E-state index contributed by atoms with van der Waals surface area (Å²) < 4.78 is 0. The van der Waals surface area contributed by atoms with Crippen molar-refractivity contribution in [3.8, 4) is 0 Å². The lowest BCUT2D eigenvalue weighted by atomic mass is 9.87. The highest BCUT2D eigenvalue weighted by atomic mass is 32.2. The zero-order valence-electron chi connectivity index (χ0n) is 18.9. The van der Waals surface area contributed by atoms with Crippen LogP contribution < -0.4 is 5.32 Å². The first-order chi connectivity index (χ1) is 13.7. The molecule has 0 aromatic rings. The van der Waals surface area contributed by atoms with Crippen molar-refractivity contribution in [2.24, 2.45) is 5.92 Å². The van der Waals surface area contributed by atoms with Gasteiger partial charge in [-0.05, 0) is 33.4 Å². The molecule has 0 unspecified atom stereocenters. The summed E-state index contributed by atoms with van der Waals surface area (Å²) in [4.78, 5) is 42.1. The summed E-state index contributed by atoms with van der Waals surface area (Å²) in [5, 5.41) is 2.92. The van der Waals surface area contributed by atoms with Gasteiger partial charge in [-0.3, -0.25) is 9.59 Å². The van der Waals surface area contributed by atoms with Crippen LogP contribution in [0.2, 0.25) is 0 Å². The molecule has 7 nitrogen and oxygen atoms in total. The summed E-state index contributed by atoms with van der Waals surface area (Å²) in [6.07, 6.45) is 7.34. The summed E-state index contributed by atoms with van der Waals surface area (Å²) in [6.45, 7) is 5.86. The first kappa shape index (κ1) is 25.8. The molecule has 168 valence electrons. The molecule has 1 fully saturated rings. The second kappa shape index (κ2) is 13.9. The van der Waals surface area contributed by atoms with E-state index in [1.54, 1.807) is 30.7 Å². The lowest BCUT2D eigenvalue weighted by Gasteiger charge is -2.29. The van der Waals surface area contributed by atoms with Gasteiger partial charge in [-0.15, -0.1) is 0 Å². The van der Waals surface area contributed by atoms with E-state index in [-0.39, 0.29) is 17.1 Å². The number of nitrogens with one attached hydrogen (secondary N) is 1. The van der Waals surface area contributed by atoms with Crippen LogP contribution in [0.5, 0.6) is 0 Å². The Morgan fingerprint density at radius 3 is 2.24 bits per heavy atom. The summed E-state index contributed by atoms with van der Waals surface area (Å²) in [5.74, 6) is 1.17. The van der Waals surface area contributed by atoms with Crippen molar-refractivity contribution in [3.63, 3.8) is 0 Å². The quantitative estimate of drug-likeness (QED) is 0.548. The molecule has 0 aromatic heterocycles. The number of carbonyl (C=O) groups excluding carboxylic acids is 3. The Bertz CT molecular complexity index is 524. The van der Waals surface area contributed by atoms with Crippen LogP contribution in [-0.2, 0) is 9.59 Å². The van der Waals surface area contributed by atoms with Crippen molar-refractivity contribution < 1.29 is 14.4 Å². The third kappa shape index (κ3) is 10.9. The first-order valence-corrected chi connectivity index (χ1v) is 11.8. The minimum Gasteiger partial charge on any atom is -0.343 e. The van der Waals surface area contributed by atoms with Crippen LogP contribution in [0.25, 0.3) is 0 Å². The Balaban J connectivity index is 2.57.